The fraction of sp³-hybridized carbons (Fsp3) is 0.786. The van der Waals surface area contributed by atoms with Gasteiger partial charge in [0.2, 0.25) is 0 Å². The molecule has 1 fully saturated rings. The van der Waals surface area contributed by atoms with Crippen LogP contribution in [-0.2, 0) is 11.3 Å². The van der Waals surface area contributed by atoms with Gasteiger partial charge in [0, 0.05) is 31.6 Å². The van der Waals surface area contributed by atoms with Crippen LogP contribution in [0.4, 0.5) is 0 Å². The minimum Gasteiger partial charge on any atom is -0.378 e. The van der Waals surface area contributed by atoms with E-state index in [-0.39, 0.29) is 0 Å². The summed E-state index contributed by atoms with van der Waals surface area (Å²) in [6.45, 7) is 5.28. The van der Waals surface area contributed by atoms with E-state index in [4.69, 9.17) is 4.74 Å². The van der Waals surface area contributed by atoms with Crippen molar-refractivity contribution in [2.24, 2.45) is 0 Å². The van der Waals surface area contributed by atoms with Crippen molar-refractivity contribution < 1.29 is 4.74 Å². The molecule has 102 valence electrons. The first kappa shape index (κ1) is 13.6. The summed E-state index contributed by atoms with van der Waals surface area (Å²) in [4.78, 5) is 4.05. The molecule has 18 heavy (non-hydrogen) atoms. The molecule has 1 aliphatic rings. The molecule has 0 aliphatic carbocycles. The number of nitrogens with zero attached hydrogens (tertiary/aromatic N) is 2. The van der Waals surface area contributed by atoms with Gasteiger partial charge in [-0.15, -0.1) is 0 Å². The molecule has 2 atom stereocenters. The summed E-state index contributed by atoms with van der Waals surface area (Å²) in [6, 6.07) is 0.651. The van der Waals surface area contributed by atoms with Gasteiger partial charge < -0.3 is 14.6 Å². The number of hydrogen-bond donors (Lipinski definition) is 1. The average molecular weight is 251 g/mol. The second kappa shape index (κ2) is 7.54. The number of aromatic nitrogens is 2. The monoisotopic (exact) mass is 251 g/mol. The molecule has 0 saturated carbocycles. The van der Waals surface area contributed by atoms with Crippen molar-refractivity contribution in [3.8, 4) is 0 Å². The van der Waals surface area contributed by atoms with Gasteiger partial charge in [-0.25, -0.2) is 4.98 Å². The third kappa shape index (κ3) is 4.42. The van der Waals surface area contributed by atoms with Crippen molar-refractivity contribution in [1.29, 1.82) is 0 Å². The first-order chi connectivity index (χ1) is 8.88. The number of ether oxygens (including phenoxy) is 1. The van der Waals surface area contributed by atoms with Crippen molar-refractivity contribution in [3.63, 3.8) is 0 Å². The van der Waals surface area contributed by atoms with E-state index in [1.807, 2.05) is 18.7 Å². The van der Waals surface area contributed by atoms with Crippen LogP contribution < -0.4 is 5.32 Å². The molecule has 0 spiro atoms. The van der Waals surface area contributed by atoms with Crippen molar-refractivity contribution >= 4 is 0 Å². The van der Waals surface area contributed by atoms with Gasteiger partial charge in [-0.1, -0.05) is 13.3 Å². The zero-order valence-corrected chi connectivity index (χ0v) is 11.3. The fourth-order valence-electron chi connectivity index (χ4n) is 2.58. The predicted octanol–water partition coefficient (Wildman–Crippen LogP) is 2.21. The standard InChI is InChI=1S/C14H25N3O/c1-2-4-14-11-13(5-10-18-14)16-6-3-8-17-9-7-15-12-17/h7,9,12-14,16H,2-6,8,10-11H2,1H3. The Balaban J connectivity index is 1.58. The average Bonchev–Trinajstić information content (AvgIpc) is 2.89. The molecule has 0 amide bonds. The molecule has 1 saturated heterocycles. The number of aryl methyl sites for hydroxylation is 1. The van der Waals surface area contributed by atoms with Gasteiger partial charge in [0.1, 0.15) is 0 Å². The molecule has 2 rings (SSSR count). The summed E-state index contributed by atoms with van der Waals surface area (Å²) < 4.78 is 7.89. The number of imidazole rings is 1. The van der Waals surface area contributed by atoms with Gasteiger partial charge in [-0.2, -0.15) is 0 Å². The minimum atomic E-state index is 0.481. The Morgan fingerprint density at radius 2 is 2.44 bits per heavy atom. The van der Waals surface area contributed by atoms with E-state index in [1.54, 1.807) is 0 Å². The van der Waals surface area contributed by atoms with E-state index in [0.29, 0.717) is 12.1 Å². The maximum Gasteiger partial charge on any atom is 0.0945 e. The molecule has 1 N–H and O–H groups in total. The summed E-state index contributed by atoms with van der Waals surface area (Å²) in [5.74, 6) is 0. The fourth-order valence-corrected chi connectivity index (χ4v) is 2.58. The molecular weight excluding hydrogens is 226 g/mol. The van der Waals surface area contributed by atoms with Gasteiger partial charge in [-0.05, 0) is 32.2 Å². The third-order valence-corrected chi connectivity index (χ3v) is 3.56. The SMILES string of the molecule is CCCC1CC(NCCCn2ccnc2)CCO1. The van der Waals surface area contributed by atoms with E-state index in [0.717, 1.165) is 32.5 Å². The van der Waals surface area contributed by atoms with Crippen molar-refractivity contribution in [2.75, 3.05) is 13.2 Å². The first-order valence-corrected chi connectivity index (χ1v) is 7.19. The molecule has 4 heteroatoms. The van der Waals surface area contributed by atoms with Crippen LogP contribution in [0.15, 0.2) is 18.7 Å². The summed E-state index contributed by atoms with van der Waals surface area (Å²) >= 11 is 0. The van der Waals surface area contributed by atoms with Gasteiger partial charge in [0.05, 0.1) is 12.4 Å². The molecule has 2 heterocycles. The summed E-state index contributed by atoms with van der Waals surface area (Å²) in [5.41, 5.74) is 0. The largest absolute Gasteiger partial charge is 0.378 e. The van der Waals surface area contributed by atoms with Crippen LogP contribution in [0.1, 0.15) is 39.0 Å². The Morgan fingerprint density at radius 3 is 3.22 bits per heavy atom. The summed E-state index contributed by atoms with van der Waals surface area (Å²) in [7, 11) is 0. The highest BCUT2D eigenvalue weighted by Gasteiger charge is 2.20. The van der Waals surface area contributed by atoms with Crippen molar-refractivity contribution in [1.82, 2.24) is 14.9 Å². The smallest absolute Gasteiger partial charge is 0.0945 e. The Morgan fingerprint density at radius 1 is 1.50 bits per heavy atom. The molecule has 1 aliphatic heterocycles. The lowest BCUT2D eigenvalue weighted by atomic mass is 10.00. The third-order valence-electron chi connectivity index (χ3n) is 3.56. The lowest BCUT2D eigenvalue weighted by molar-refractivity contribution is -0.00313. The predicted molar refractivity (Wildman–Crippen MR) is 72.5 cm³/mol. The highest BCUT2D eigenvalue weighted by Crippen LogP contribution is 2.17. The van der Waals surface area contributed by atoms with Gasteiger partial charge in [-0.3, -0.25) is 0 Å². The zero-order valence-electron chi connectivity index (χ0n) is 11.3. The molecule has 0 bridgehead atoms. The quantitative estimate of drug-likeness (QED) is 0.755. The maximum absolute atomic E-state index is 5.76. The first-order valence-electron chi connectivity index (χ1n) is 7.19. The van der Waals surface area contributed by atoms with Gasteiger partial charge >= 0.3 is 0 Å². The Hall–Kier alpha value is -0.870. The molecule has 2 unspecified atom stereocenters. The lowest BCUT2D eigenvalue weighted by Crippen LogP contribution is -2.39. The van der Waals surface area contributed by atoms with E-state index < -0.39 is 0 Å². The number of rotatable bonds is 7. The van der Waals surface area contributed by atoms with E-state index in [2.05, 4.69) is 21.8 Å². The van der Waals surface area contributed by atoms with Crippen LogP contribution in [0.5, 0.6) is 0 Å². The summed E-state index contributed by atoms with van der Waals surface area (Å²) in [5, 5.41) is 3.66. The van der Waals surface area contributed by atoms with Crippen LogP contribution in [-0.4, -0.2) is 34.8 Å². The minimum absolute atomic E-state index is 0.481. The Bertz CT molecular complexity index is 311. The van der Waals surface area contributed by atoms with Crippen LogP contribution >= 0.6 is 0 Å². The Kier molecular flexibility index (Phi) is 5.68. The molecule has 4 nitrogen and oxygen atoms in total. The van der Waals surface area contributed by atoms with Crippen LogP contribution in [0.25, 0.3) is 0 Å². The van der Waals surface area contributed by atoms with Gasteiger partial charge in [0.25, 0.3) is 0 Å². The Labute approximate surface area is 110 Å². The molecule has 1 aromatic heterocycles. The van der Waals surface area contributed by atoms with Gasteiger partial charge in [0.15, 0.2) is 0 Å². The molecule has 1 aromatic rings. The molecular formula is C14H25N3O. The molecule has 0 aromatic carbocycles. The summed E-state index contributed by atoms with van der Waals surface area (Å²) in [6.07, 6.45) is 12.1. The van der Waals surface area contributed by atoms with Crippen molar-refractivity contribution in [2.45, 2.75) is 57.7 Å². The van der Waals surface area contributed by atoms with Crippen molar-refractivity contribution in [3.05, 3.63) is 18.7 Å². The van der Waals surface area contributed by atoms with Crippen LogP contribution in [0.3, 0.4) is 0 Å². The van der Waals surface area contributed by atoms with Crippen LogP contribution in [0, 0.1) is 0 Å². The second-order valence-corrected chi connectivity index (χ2v) is 5.11. The normalized spacial score (nSPS) is 24.3. The number of nitrogens with one attached hydrogen (secondary N) is 1. The number of hydrogen-bond acceptors (Lipinski definition) is 3. The highest BCUT2D eigenvalue weighted by atomic mass is 16.5. The van der Waals surface area contributed by atoms with E-state index >= 15 is 0 Å². The van der Waals surface area contributed by atoms with E-state index in [1.165, 1.54) is 19.3 Å². The highest BCUT2D eigenvalue weighted by molar-refractivity contribution is 4.77. The second-order valence-electron chi connectivity index (χ2n) is 5.11. The maximum atomic E-state index is 5.76. The zero-order chi connectivity index (χ0) is 12.6. The topological polar surface area (TPSA) is 39.1 Å². The molecule has 0 radical (unpaired) electrons. The lowest BCUT2D eigenvalue weighted by Gasteiger charge is -2.30. The van der Waals surface area contributed by atoms with Crippen LogP contribution in [0.2, 0.25) is 0 Å². The van der Waals surface area contributed by atoms with E-state index in [9.17, 15) is 0 Å².